The highest BCUT2D eigenvalue weighted by atomic mass is 15.2. The Balaban J connectivity index is 1.67. The lowest BCUT2D eigenvalue weighted by Gasteiger charge is -2.23. The lowest BCUT2D eigenvalue weighted by atomic mass is 10.1. The van der Waals surface area contributed by atoms with Gasteiger partial charge in [0.2, 0.25) is 0 Å². The number of H-pyrrole nitrogens is 1. The predicted octanol–water partition coefficient (Wildman–Crippen LogP) is 2.92. The standard InChI is InChI=1S/C17H26N6/c1-3-4-7-16-20-9-13(21-16)12-23-8-5-6-15(23)14-10-19-11-17(18-2)22-14/h9-11,15H,3-8,12H2,1-2H3,(H,18,22)(H,20,21). The van der Waals surface area contributed by atoms with Crippen LogP contribution < -0.4 is 5.32 Å². The number of hydrogen-bond donors (Lipinski definition) is 2. The second-order valence-corrected chi connectivity index (χ2v) is 6.17. The summed E-state index contributed by atoms with van der Waals surface area (Å²) in [5, 5.41) is 3.07. The fourth-order valence-electron chi connectivity index (χ4n) is 3.19. The van der Waals surface area contributed by atoms with Gasteiger partial charge in [0.1, 0.15) is 11.6 Å². The highest BCUT2D eigenvalue weighted by molar-refractivity contribution is 5.31. The van der Waals surface area contributed by atoms with Gasteiger partial charge in [-0.05, 0) is 25.8 Å². The minimum Gasteiger partial charge on any atom is -0.372 e. The van der Waals surface area contributed by atoms with Gasteiger partial charge >= 0.3 is 0 Å². The van der Waals surface area contributed by atoms with Crippen LogP contribution in [0.15, 0.2) is 18.6 Å². The van der Waals surface area contributed by atoms with E-state index in [1.54, 1.807) is 6.20 Å². The SMILES string of the molecule is CCCCc1ncc(CN2CCCC2c2cncc(NC)n2)[nH]1. The molecule has 2 aromatic heterocycles. The summed E-state index contributed by atoms with van der Waals surface area (Å²) < 4.78 is 0. The van der Waals surface area contributed by atoms with E-state index in [0.29, 0.717) is 6.04 Å². The number of likely N-dealkylation sites (tertiary alicyclic amines) is 1. The summed E-state index contributed by atoms with van der Waals surface area (Å²) in [7, 11) is 1.88. The van der Waals surface area contributed by atoms with E-state index in [2.05, 4.69) is 37.1 Å². The third kappa shape index (κ3) is 3.88. The monoisotopic (exact) mass is 314 g/mol. The van der Waals surface area contributed by atoms with Crippen LogP contribution in [0.1, 0.15) is 55.9 Å². The lowest BCUT2D eigenvalue weighted by Crippen LogP contribution is -2.24. The van der Waals surface area contributed by atoms with E-state index >= 15 is 0 Å². The molecule has 124 valence electrons. The molecule has 0 saturated carbocycles. The zero-order valence-corrected chi connectivity index (χ0v) is 14.0. The molecule has 0 aromatic carbocycles. The van der Waals surface area contributed by atoms with Crippen molar-refractivity contribution >= 4 is 5.82 Å². The van der Waals surface area contributed by atoms with E-state index in [4.69, 9.17) is 0 Å². The largest absolute Gasteiger partial charge is 0.372 e. The molecule has 2 aromatic rings. The molecule has 0 aliphatic carbocycles. The summed E-state index contributed by atoms with van der Waals surface area (Å²) in [4.78, 5) is 19.4. The van der Waals surface area contributed by atoms with Crippen LogP contribution in [0.4, 0.5) is 5.82 Å². The highest BCUT2D eigenvalue weighted by Crippen LogP contribution is 2.32. The summed E-state index contributed by atoms with van der Waals surface area (Å²) in [5.41, 5.74) is 2.25. The van der Waals surface area contributed by atoms with Gasteiger partial charge in [0.05, 0.1) is 24.1 Å². The number of hydrogen-bond acceptors (Lipinski definition) is 5. The van der Waals surface area contributed by atoms with E-state index in [1.807, 2.05) is 19.4 Å². The number of rotatable bonds is 7. The molecule has 1 atom stereocenters. The zero-order valence-electron chi connectivity index (χ0n) is 14.0. The Hall–Kier alpha value is -1.95. The molecule has 0 bridgehead atoms. The zero-order chi connectivity index (χ0) is 16.1. The molecule has 2 N–H and O–H groups in total. The summed E-state index contributed by atoms with van der Waals surface area (Å²) in [6.07, 6.45) is 11.4. The molecule has 3 rings (SSSR count). The van der Waals surface area contributed by atoms with Crippen LogP contribution in [0.2, 0.25) is 0 Å². The third-order valence-corrected chi connectivity index (χ3v) is 4.44. The van der Waals surface area contributed by atoms with Crippen molar-refractivity contribution in [3.8, 4) is 0 Å². The summed E-state index contributed by atoms with van der Waals surface area (Å²) >= 11 is 0. The van der Waals surface area contributed by atoms with Crippen LogP contribution in [-0.4, -0.2) is 38.4 Å². The molecule has 1 unspecified atom stereocenters. The number of aromatic nitrogens is 4. The van der Waals surface area contributed by atoms with Gasteiger partial charge in [-0.2, -0.15) is 0 Å². The van der Waals surface area contributed by atoms with Gasteiger partial charge in [-0.25, -0.2) is 9.97 Å². The molecule has 6 nitrogen and oxygen atoms in total. The molecule has 0 amide bonds. The normalized spacial score (nSPS) is 18.4. The molecule has 1 fully saturated rings. The number of aryl methyl sites for hydroxylation is 1. The molecule has 3 heterocycles. The van der Waals surface area contributed by atoms with Gasteiger partial charge in [0.25, 0.3) is 0 Å². The van der Waals surface area contributed by atoms with Crippen molar-refractivity contribution in [2.75, 3.05) is 18.9 Å². The maximum atomic E-state index is 4.67. The van der Waals surface area contributed by atoms with Crippen LogP contribution in [0.25, 0.3) is 0 Å². The Bertz CT molecular complexity index is 623. The molecule has 1 aliphatic rings. The minimum absolute atomic E-state index is 0.346. The highest BCUT2D eigenvalue weighted by Gasteiger charge is 2.28. The van der Waals surface area contributed by atoms with Gasteiger partial charge in [0, 0.05) is 31.9 Å². The Morgan fingerprint density at radius 3 is 3.09 bits per heavy atom. The van der Waals surface area contributed by atoms with Crippen LogP contribution in [0.3, 0.4) is 0 Å². The summed E-state index contributed by atoms with van der Waals surface area (Å²) in [6.45, 7) is 4.20. The van der Waals surface area contributed by atoms with Crippen molar-refractivity contribution in [1.82, 2.24) is 24.8 Å². The number of nitrogens with zero attached hydrogens (tertiary/aromatic N) is 4. The van der Waals surface area contributed by atoms with E-state index in [-0.39, 0.29) is 0 Å². The Morgan fingerprint density at radius 1 is 1.35 bits per heavy atom. The number of imidazole rings is 1. The average molecular weight is 314 g/mol. The first kappa shape index (κ1) is 15.9. The van der Waals surface area contributed by atoms with Gasteiger partial charge in [-0.1, -0.05) is 13.3 Å². The van der Waals surface area contributed by atoms with Crippen LogP contribution in [-0.2, 0) is 13.0 Å². The molecule has 23 heavy (non-hydrogen) atoms. The van der Waals surface area contributed by atoms with E-state index in [9.17, 15) is 0 Å². The lowest BCUT2D eigenvalue weighted by molar-refractivity contribution is 0.241. The van der Waals surface area contributed by atoms with E-state index in [0.717, 1.165) is 43.3 Å². The van der Waals surface area contributed by atoms with E-state index < -0.39 is 0 Å². The van der Waals surface area contributed by atoms with Crippen molar-refractivity contribution in [3.05, 3.63) is 35.8 Å². The number of unbranched alkanes of at least 4 members (excludes halogenated alkanes) is 1. The second kappa shape index (κ2) is 7.55. The Kier molecular flexibility index (Phi) is 5.23. The summed E-state index contributed by atoms with van der Waals surface area (Å²) in [6, 6.07) is 0.346. The number of nitrogens with one attached hydrogen (secondary N) is 2. The topological polar surface area (TPSA) is 69.7 Å². The fourth-order valence-corrected chi connectivity index (χ4v) is 3.19. The molecular weight excluding hydrogens is 288 g/mol. The second-order valence-electron chi connectivity index (χ2n) is 6.17. The van der Waals surface area contributed by atoms with Crippen molar-refractivity contribution in [3.63, 3.8) is 0 Å². The fraction of sp³-hybridized carbons (Fsp3) is 0.588. The molecular formula is C17H26N6. The molecule has 6 heteroatoms. The minimum atomic E-state index is 0.346. The smallest absolute Gasteiger partial charge is 0.144 e. The first-order valence-electron chi connectivity index (χ1n) is 8.56. The van der Waals surface area contributed by atoms with Gasteiger partial charge in [-0.3, -0.25) is 9.88 Å². The maximum Gasteiger partial charge on any atom is 0.144 e. The first-order valence-corrected chi connectivity index (χ1v) is 8.56. The molecule has 1 saturated heterocycles. The van der Waals surface area contributed by atoms with Crippen LogP contribution in [0, 0.1) is 0 Å². The molecule has 0 spiro atoms. The first-order chi connectivity index (χ1) is 11.3. The van der Waals surface area contributed by atoms with Gasteiger partial charge in [-0.15, -0.1) is 0 Å². The molecule has 1 aliphatic heterocycles. The van der Waals surface area contributed by atoms with Gasteiger partial charge in [0.15, 0.2) is 0 Å². The van der Waals surface area contributed by atoms with Crippen LogP contribution >= 0.6 is 0 Å². The van der Waals surface area contributed by atoms with Crippen LogP contribution in [0.5, 0.6) is 0 Å². The van der Waals surface area contributed by atoms with Crippen molar-refractivity contribution < 1.29 is 0 Å². The van der Waals surface area contributed by atoms with Crippen molar-refractivity contribution in [1.29, 1.82) is 0 Å². The maximum absolute atomic E-state index is 4.67. The van der Waals surface area contributed by atoms with Gasteiger partial charge < -0.3 is 10.3 Å². The van der Waals surface area contributed by atoms with Crippen molar-refractivity contribution in [2.24, 2.45) is 0 Å². The Morgan fingerprint density at radius 2 is 2.26 bits per heavy atom. The van der Waals surface area contributed by atoms with Crippen molar-refractivity contribution in [2.45, 2.75) is 51.6 Å². The van der Waals surface area contributed by atoms with E-state index in [1.165, 1.54) is 25.0 Å². The number of aromatic amines is 1. The third-order valence-electron chi connectivity index (χ3n) is 4.44. The quantitative estimate of drug-likeness (QED) is 0.822. The molecule has 0 radical (unpaired) electrons. The number of anilines is 1. The predicted molar refractivity (Wildman–Crippen MR) is 91.2 cm³/mol. The Labute approximate surface area is 137 Å². The summed E-state index contributed by atoms with van der Waals surface area (Å²) in [5.74, 6) is 1.94. The average Bonchev–Trinajstić information content (AvgIpc) is 3.23.